The molecule has 7 heteroatoms. The van der Waals surface area contributed by atoms with Crippen molar-refractivity contribution in [3.8, 4) is 0 Å². The van der Waals surface area contributed by atoms with Gasteiger partial charge in [-0.1, -0.05) is 42.1 Å². The van der Waals surface area contributed by atoms with Crippen LogP contribution in [0.25, 0.3) is 0 Å². The van der Waals surface area contributed by atoms with Gasteiger partial charge >= 0.3 is 0 Å². The predicted octanol–water partition coefficient (Wildman–Crippen LogP) is 1.95. The van der Waals surface area contributed by atoms with Gasteiger partial charge in [0.05, 0.1) is 0 Å². The molecule has 108 valence electrons. The number of nitrogens with one attached hydrogen (secondary N) is 3. The molecule has 0 atom stereocenters. The molecular formula is C14H15N5S2. The van der Waals surface area contributed by atoms with Crippen molar-refractivity contribution in [2.45, 2.75) is 18.2 Å². The molecular weight excluding hydrogens is 302 g/mol. The normalized spacial score (nSPS) is 12.8. The first-order valence-corrected chi connectivity index (χ1v) is 8.00. The Morgan fingerprint density at radius 2 is 2.19 bits per heavy atom. The molecule has 1 aliphatic heterocycles. The molecule has 0 saturated heterocycles. The van der Waals surface area contributed by atoms with Gasteiger partial charge in [-0.15, -0.1) is 0 Å². The number of hydrogen-bond acceptors (Lipinski definition) is 4. The molecule has 0 bridgehead atoms. The molecule has 0 saturated carbocycles. The Morgan fingerprint density at radius 3 is 3.00 bits per heavy atom. The molecule has 0 unspecified atom stereocenters. The molecule has 1 aromatic heterocycles. The summed E-state index contributed by atoms with van der Waals surface area (Å²) in [6.45, 7) is 1.51. The topological polar surface area (TPSA) is 65.7 Å². The van der Waals surface area contributed by atoms with E-state index in [1.54, 1.807) is 17.8 Å². The third kappa shape index (κ3) is 3.43. The summed E-state index contributed by atoms with van der Waals surface area (Å²) in [4.78, 5) is 4.48. The highest BCUT2D eigenvalue weighted by Crippen LogP contribution is 2.21. The Kier molecular flexibility index (Phi) is 4.21. The highest BCUT2D eigenvalue weighted by Gasteiger charge is 2.13. The summed E-state index contributed by atoms with van der Waals surface area (Å²) in [6.07, 6.45) is 0. The number of anilines is 1. The van der Waals surface area contributed by atoms with Crippen LogP contribution in [0.1, 0.15) is 5.56 Å². The number of benzene rings is 1. The van der Waals surface area contributed by atoms with Gasteiger partial charge in [0.1, 0.15) is 11.3 Å². The first-order valence-electron chi connectivity index (χ1n) is 6.60. The molecule has 0 amide bonds. The van der Waals surface area contributed by atoms with E-state index in [-0.39, 0.29) is 0 Å². The molecule has 5 nitrogen and oxygen atoms in total. The van der Waals surface area contributed by atoms with Crippen molar-refractivity contribution >= 4 is 34.9 Å². The van der Waals surface area contributed by atoms with Gasteiger partial charge in [0, 0.05) is 24.9 Å². The second-order valence-electron chi connectivity index (χ2n) is 4.60. The van der Waals surface area contributed by atoms with Crippen LogP contribution in [0, 0.1) is 5.41 Å². The zero-order valence-electron chi connectivity index (χ0n) is 11.3. The summed E-state index contributed by atoms with van der Waals surface area (Å²) < 4.78 is 1.90. The second kappa shape index (κ2) is 6.28. The Hall–Kier alpha value is -1.86. The minimum absolute atomic E-state index is 0.457. The van der Waals surface area contributed by atoms with Crippen LogP contribution < -0.4 is 16.1 Å². The van der Waals surface area contributed by atoms with Gasteiger partial charge in [0.25, 0.3) is 0 Å². The van der Waals surface area contributed by atoms with E-state index in [1.807, 2.05) is 34.9 Å². The van der Waals surface area contributed by atoms with Crippen LogP contribution in [0.15, 0.2) is 41.6 Å². The summed E-state index contributed by atoms with van der Waals surface area (Å²) in [5.74, 6) is 1.59. The summed E-state index contributed by atoms with van der Waals surface area (Å²) in [5, 5.41) is 15.5. The fourth-order valence-electron chi connectivity index (χ4n) is 2.06. The Bertz CT molecular complexity index is 711. The molecule has 21 heavy (non-hydrogen) atoms. The maximum Gasteiger partial charge on any atom is 0.172 e. The molecule has 0 aliphatic carbocycles. The van der Waals surface area contributed by atoms with Crippen LogP contribution in [0.2, 0.25) is 0 Å². The van der Waals surface area contributed by atoms with E-state index >= 15 is 0 Å². The van der Waals surface area contributed by atoms with Crippen molar-refractivity contribution in [3.05, 3.63) is 47.4 Å². The molecule has 1 aromatic carbocycles. The van der Waals surface area contributed by atoms with E-state index in [4.69, 9.17) is 17.6 Å². The quantitative estimate of drug-likeness (QED) is 0.596. The van der Waals surface area contributed by atoms with Crippen molar-refractivity contribution in [1.82, 2.24) is 14.9 Å². The van der Waals surface area contributed by atoms with E-state index in [9.17, 15) is 0 Å². The van der Waals surface area contributed by atoms with Crippen molar-refractivity contribution in [2.75, 3.05) is 11.1 Å². The average molecular weight is 317 g/mol. The molecule has 0 fully saturated rings. The van der Waals surface area contributed by atoms with Gasteiger partial charge in [0.15, 0.2) is 10.3 Å². The smallest absolute Gasteiger partial charge is 0.172 e. The zero-order valence-corrected chi connectivity index (χ0v) is 12.9. The number of thiocarbonyl (C=S) groups is 1. The maximum atomic E-state index is 7.98. The minimum Gasteiger partial charge on any atom is -0.358 e. The highest BCUT2D eigenvalue weighted by molar-refractivity contribution is 7.99. The van der Waals surface area contributed by atoms with Crippen molar-refractivity contribution in [2.24, 2.45) is 0 Å². The maximum absolute atomic E-state index is 7.98. The number of thioether (sulfide) groups is 1. The van der Waals surface area contributed by atoms with Crippen LogP contribution in [-0.4, -0.2) is 20.4 Å². The first-order chi connectivity index (χ1) is 10.2. The lowest BCUT2D eigenvalue weighted by molar-refractivity contribution is 0.637. The highest BCUT2D eigenvalue weighted by atomic mass is 32.2. The van der Waals surface area contributed by atoms with Gasteiger partial charge in [0.2, 0.25) is 0 Å². The zero-order chi connectivity index (χ0) is 14.7. The molecule has 2 aromatic rings. The Balaban J connectivity index is 1.63. The first kappa shape index (κ1) is 14.1. The monoisotopic (exact) mass is 317 g/mol. The van der Waals surface area contributed by atoms with Gasteiger partial charge < -0.3 is 15.2 Å². The van der Waals surface area contributed by atoms with Crippen LogP contribution in [-0.2, 0) is 13.1 Å². The van der Waals surface area contributed by atoms with Crippen LogP contribution >= 0.6 is 24.0 Å². The Morgan fingerprint density at radius 1 is 1.38 bits per heavy atom. The number of rotatable bonds is 3. The average Bonchev–Trinajstić information content (AvgIpc) is 2.95. The third-order valence-corrected chi connectivity index (χ3v) is 4.30. The summed E-state index contributed by atoms with van der Waals surface area (Å²) in [7, 11) is 0. The van der Waals surface area contributed by atoms with Gasteiger partial charge in [-0.25, -0.2) is 4.98 Å². The largest absolute Gasteiger partial charge is 0.358 e. The number of nitrogens with zero attached hydrogens (tertiary/aromatic N) is 2. The van der Waals surface area contributed by atoms with E-state index in [0.29, 0.717) is 23.0 Å². The fraction of sp³-hybridized carbons (Fsp3) is 0.214. The number of aromatic nitrogens is 2. The lowest BCUT2D eigenvalue weighted by Gasteiger charge is -2.11. The predicted molar refractivity (Wildman–Crippen MR) is 88.3 cm³/mol. The molecule has 3 N–H and O–H groups in total. The van der Waals surface area contributed by atoms with Crippen molar-refractivity contribution in [1.29, 1.82) is 5.41 Å². The Labute approximate surface area is 132 Å². The van der Waals surface area contributed by atoms with Gasteiger partial charge in [-0.3, -0.25) is 5.41 Å². The molecule has 3 rings (SSSR count). The number of hydrogen-bond donors (Lipinski definition) is 3. The summed E-state index contributed by atoms with van der Waals surface area (Å²) in [6, 6.07) is 11.8. The van der Waals surface area contributed by atoms with Crippen molar-refractivity contribution in [3.63, 3.8) is 0 Å². The van der Waals surface area contributed by atoms with Crippen molar-refractivity contribution < 1.29 is 0 Å². The number of fused-ring (bicyclic) bond motifs is 1. The molecule has 0 radical (unpaired) electrons. The van der Waals surface area contributed by atoms with E-state index in [1.165, 1.54) is 0 Å². The van der Waals surface area contributed by atoms with Crippen LogP contribution in [0.4, 0.5) is 5.82 Å². The molecule has 0 spiro atoms. The SMILES string of the molecule is N=c1cc(NC(=S)NCc2ccccc2)nc2n1CCS2. The van der Waals surface area contributed by atoms with Gasteiger partial charge in [-0.05, 0) is 17.8 Å². The molecule has 1 aliphatic rings. The van der Waals surface area contributed by atoms with E-state index in [0.717, 1.165) is 23.0 Å². The minimum atomic E-state index is 0.457. The second-order valence-corrected chi connectivity index (χ2v) is 6.07. The lowest BCUT2D eigenvalue weighted by Crippen LogP contribution is -2.29. The standard InChI is InChI=1S/C14H15N5S2/c15-11-8-12(18-14-19(11)6-7-21-14)17-13(20)16-9-10-4-2-1-3-5-10/h1-5,8,15H,6-7,9H2,(H2,16,17,20). The van der Waals surface area contributed by atoms with E-state index < -0.39 is 0 Å². The van der Waals surface area contributed by atoms with Crippen LogP contribution in [0.3, 0.4) is 0 Å². The van der Waals surface area contributed by atoms with Crippen LogP contribution in [0.5, 0.6) is 0 Å². The summed E-state index contributed by atoms with van der Waals surface area (Å²) in [5.41, 5.74) is 1.62. The summed E-state index contributed by atoms with van der Waals surface area (Å²) >= 11 is 6.93. The van der Waals surface area contributed by atoms with E-state index in [2.05, 4.69) is 15.6 Å². The fourth-order valence-corrected chi connectivity index (χ4v) is 3.20. The third-order valence-electron chi connectivity index (χ3n) is 3.09. The van der Waals surface area contributed by atoms with Gasteiger partial charge in [-0.2, -0.15) is 0 Å². The lowest BCUT2D eigenvalue weighted by atomic mass is 10.2. The molecule has 2 heterocycles.